The highest BCUT2D eigenvalue weighted by atomic mass is 32.1. The number of thiazole rings is 1. The zero-order valence-corrected chi connectivity index (χ0v) is 17.6. The van der Waals surface area contributed by atoms with E-state index in [0.29, 0.717) is 29.8 Å². The average Bonchev–Trinajstić information content (AvgIpc) is 3.22. The van der Waals surface area contributed by atoms with Gasteiger partial charge in [-0.25, -0.2) is 9.78 Å². The minimum Gasteiger partial charge on any atom is -0.496 e. The van der Waals surface area contributed by atoms with Crippen LogP contribution in [0.25, 0.3) is 21.9 Å². The maximum atomic E-state index is 13.1. The molecule has 0 bridgehead atoms. The number of ketones is 1. The highest BCUT2D eigenvalue weighted by Gasteiger charge is 2.42. The molecule has 6 heteroatoms. The lowest BCUT2D eigenvalue weighted by molar-refractivity contribution is -0.148. The smallest absolute Gasteiger partial charge is 0.331 e. The summed E-state index contributed by atoms with van der Waals surface area (Å²) in [5, 5.41) is 0.698. The van der Waals surface area contributed by atoms with Gasteiger partial charge in [0.15, 0.2) is 5.78 Å². The Morgan fingerprint density at radius 2 is 1.90 bits per heavy atom. The van der Waals surface area contributed by atoms with Gasteiger partial charge in [-0.05, 0) is 36.6 Å². The molecule has 1 aliphatic carbocycles. The van der Waals surface area contributed by atoms with Gasteiger partial charge < -0.3 is 9.47 Å². The Hall–Kier alpha value is -3.25. The lowest BCUT2D eigenvalue weighted by atomic mass is 9.79. The molecule has 3 atom stereocenters. The van der Waals surface area contributed by atoms with Crippen molar-refractivity contribution in [3.8, 4) is 0 Å². The molecule has 1 aromatic heterocycles. The van der Waals surface area contributed by atoms with E-state index in [2.05, 4.69) is 4.98 Å². The molecule has 1 saturated carbocycles. The number of nitrogens with zero attached hydrogens (tertiary/aromatic N) is 1. The molecule has 2 aliphatic rings. The monoisotopic (exact) mass is 431 g/mol. The predicted molar refractivity (Wildman–Crippen MR) is 120 cm³/mol. The quantitative estimate of drug-likeness (QED) is 0.428. The molecule has 156 valence electrons. The zero-order valence-electron chi connectivity index (χ0n) is 16.8. The van der Waals surface area contributed by atoms with E-state index >= 15 is 0 Å². The Kier molecular flexibility index (Phi) is 5.38. The van der Waals surface area contributed by atoms with Crippen molar-refractivity contribution >= 4 is 45.0 Å². The number of aromatic nitrogens is 1. The van der Waals surface area contributed by atoms with Gasteiger partial charge in [0.05, 0.1) is 28.0 Å². The SMILES string of the molecule is O=C(/C=C/c1ccccc1)OC1CCC2C(=O)C(c3nc4ccccc4s3)=COC2C1. The number of hydrogen-bond donors (Lipinski definition) is 0. The summed E-state index contributed by atoms with van der Waals surface area (Å²) in [6.07, 6.45) is 6.00. The third-order valence-electron chi connectivity index (χ3n) is 5.73. The van der Waals surface area contributed by atoms with Gasteiger partial charge in [-0.3, -0.25) is 4.79 Å². The molecule has 1 aliphatic heterocycles. The summed E-state index contributed by atoms with van der Waals surface area (Å²) < 4.78 is 12.6. The fourth-order valence-electron chi connectivity index (χ4n) is 4.14. The van der Waals surface area contributed by atoms with Crippen molar-refractivity contribution in [1.29, 1.82) is 0 Å². The first-order chi connectivity index (χ1) is 15.2. The molecule has 31 heavy (non-hydrogen) atoms. The lowest BCUT2D eigenvalue weighted by Gasteiger charge is -2.36. The van der Waals surface area contributed by atoms with Gasteiger partial charge in [0, 0.05) is 12.5 Å². The van der Waals surface area contributed by atoms with Gasteiger partial charge in [-0.2, -0.15) is 0 Å². The maximum Gasteiger partial charge on any atom is 0.331 e. The summed E-state index contributed by atoms with van der Waals surface area (Å²) in [6, 6.07) is 17.4. The van der Waals surface area contributed by atoms with Crippen molar-refractivity contribution in [1.82, 2.24) is 4.98 Å². The molecule has 1 fully saturated rings. The first kappa shape index (κ1) is 19.7. The average molecular weight is 432 g/mol. The number of rotatable bonds is 4. The Morgan fingerprint density at radius 1 is 1.10 bits per heavy atom. The number of para-hydroxylation sites is 1. The fraction of sp³-hybridized carbons (Fsp3) is 0.240. The lowest BCUT2D eigenvalue weighted by Crippen LogP contribution is -2.41. The van der Waals surface area contributed by atoms with Crippen molar-refractivity contribution in [2.24, 2.45) is 5.92 Å². The molecule has 5 rings (SSSR count). The summed E-state index contributed by atoms with van der Waals surface area (Å²) in [5.41, 5.74) is 2.37. The third kappa shape index (κ3) is 4.16. The first-order valence-corrected chi connectivity index (χ1v) is 11.2. The van der Waals surface area contributed by atoms with Gasteiger partial charge >= 0.3 is 5.97 Å². The fourth-order valence-corrected chi connectivity index (χ4v) is 5.11. The van der Waals surface area contributed by atoms with Gasteiger partial charge in [0.25, 0.3) is 0 Å². The molecule has 0 radical (unpaired) electrons. The van der Waals surface area contributed by atoms with Crippen molar-refractivity contribution in [2.75, 3.05) is 0 Å². The standard InChI is InChI=1S/C25H21NO4S/c27-23(13-10-16-6-2-1-3-7-16)30-17-11-12-18-21(14-17)29-15-19(24(18)28)25-26-20-8-4-5-9-22(20)31-25/h1-10,13,15,17-18,21H,11-12,14H2/b13-10+. The number of carbonyl (C=O) groups excluding carboxylic acids is 2. The Morgan fingerprint density at radius 3 is 2.74 bits per heavy atom. The topological polar surface area (TPSA) is 65.5 Å². The molecule has 5 nitrogen and oxygen atoms in total. The first-order valence-electron chi connectivity index (χ1n) is 10.4. The van der Waals surface area contributed by atoms with Gasteiger partial charge in [-0.1, -0.05) is 42.5 Å². The summed E-state index contributed by atoms with van der Waals surface area (Å²) in [7, 11) is 0. The second kappa shape index (κ2) is 8.47. The van der Waals surface area contributed by atoms with Gasteiger partial charge in [0.2, 0.25) is 0 Å². The number of fused-ring (bicyclic) bond motifs is 2. The zero-order chi connectivity index (χ0) is 21.2. The predicted octanol–water partition coefficient (Wildman–Crippen LogP) is 5.03. The summed E-state index contributed by atoms with van der Waals surface area (Å²) in [4.78, 5) is 29.9. The van der Waals surface area contributed by atoms with Crippen LogP contribution in [0.15, 0.2) is 66.9 Å². The number of ether oxygens (including phenoxy) is 2. The normalized spacial score (nSPS) is 23.3. The molecule has 2 aromatic carbocycles. The van der Waals surface area contributed by atoms with Gasteiger partial charge in [0.1, 0.15) is 17.2 Å². The number of benzene rings is 2. The second-order valence-corrected chi connectivity index (χ2v) is 8.81. The third-order valence-corrected chi connectivity index (χ3v) is 6.79. The van der Waals surface area contributed by atoms with E-state index in [1.54, 1.807) is 12.3 Å². The van der Waals surface area contributed by atoms with E-state index in [-0.39, 0.29) is 29.9 Å². The van der Waals surface area contributed by atoms with Crippen LogP contribution in [0.3, 0.4) is 0 Å². The van der Waals surface area contributed by atoms with Crippen LogP contribution in [-0.4, -0.2) is 28.9 Å². The van der Waals surface area contributed by atoms with Crippen LogP contribution >= 0.6 is 11.3 Å². The molecular weight excluding hydrogens is 410 g/mol. The van der Waals surface area contributed by atoms with E-state index in [1.807, 2.05) is 54.6 Å². The minimum atomic E-state index is -0.375. The van der Waals surface area contributed by atoms with Crippen molar-refractivity contribution in [3.05, 3.63) is 77.5 Å². The summed E-state index contributed by atoms with van der Waals surface area (Å²) in [6.45, 7) is 0. The molecule has 3 aromatic rings. The van der Waals surface area contributed by atoms with E-state index in [1.165, 1.54) is 17.4 Å². The van der Waals surface area contributed by atoms with Crippen molar-refractivity contribution in [2.45, 2.75) is 31.5 Å². The van der Waals surface area contributed by atoms with E-state index in [0.717, 1.165) is 15.8 Å². The molecule has 0 spiro atoms. The summed E-state index contributed by atoms with van der Waals surface area (Å²) >= 11 is 1.50. The van der Waals surface area contributed by atoms with Crippen LogP contribution in [0.5, 0.6) is 0 Å². The number of carbonyl (C=O) groups is 2. The van der Waals surface area contributed by atoms with Crippen LogP contribution in [0.2, 0.25) is 0 Å². The number of hydrogen-bond acceptors (Lipinski definition) is 6. The van der Waals surface area contributed by atoms with Crippen LogP contribution in [0.1, 0.15) is 29.8 Å². The molecule has 0 amide bonds. The van der Waals surface area contributed by atoms with Crippen molar-refractivity contribution in [3.63, 3.8) is 0 Å². The van der Waals surface area contributed by atoms with Crippen LogP contribution in [-0.2, 0) is 19.1 Å². The number of allylic oxidation sites excluding steroid dienone is 1. The van der Waals surface area contributed by atoms with Crippen LogP contribution in [0, 0.1) is 5.92 Å². The summed E-state index contributed by atoms with van der Waals surface area (Å²) in [5.74, 6) is -0.522. The van der Waals surface area contributed by atoms with Crippen LogP contribution < -0.4 is 0 Å². The maximum absolute atomic E-state index is 13.1. The number of esters is 1. The van der Waals surface area contributed by atoms with Gasteiger partial charge in [-0.15, -0.1) is 11.3 Å². The highest BCUT2D eigenvalue weighted by Crippen LogP contribution is 2.38. The highest BCUT2D eigenvalue weighted by molar-refractivity contribution is 7.19. The second-order valence-electron chi connectivity index (χ2n) is 7.78. The molecule has 3 unspecified atom stereocenters. The Bertz CT molecular complexity index is 1150. The van der Waals surface area contributed by atoms with E-state index in [4.69, 9.17) is 9.47 Å². The minimum absolute atomic E-state index is 0.0732. The molecule has 0 saturated heterocycles. The Balaban J connectivity index is 1.24. The molecular formula is C25H21NO4S. The van der Waals surface area contributed by atoms with E-state index < -0.39 is 0 Å². The largest absolute Gasteiger partial charge is 0.496 e. The number of Topliss-reactive ketones (excluding diaryl/α,β-unsaturated/α-hetero) is 1. The Labute approximate surface area is 184 Å². The molecule has 0 N–H and O–H groups in total. The molecule has 2 heterocycles. The van der Waals surface area contributed by atoms with Crippen molar-refractivity contribution < 1.29 is 19.1 Å². The van der Waals surface area contributed by atoms with Crippen LogP contribution in [0.4, 0.5) is 0 Å². The van der Waals surface area contributed by atoms with E-state index in [9.17, 15) is 9.59 Å².